The Bertz CT molecular complexity index is 54.0. The molecule has 0 aromatic carbocycles. The first-order chi connectivity index (χ1) is 2.94. The zero-order valence-corrected chi connectivity index (χ0v) is 10.9. The predicted octanol–water partition coefficient (Wildman–Crippen LogP) is 1.89. The van der Waals surface area contributed by atoms with Crippen molar-refractivity contribution in [3.8, 4) is 0 Å². The van der Waals surface area contributed by atoms with E-state index in [1.165, 1.54) is 0 Å². The molecule has 0 heterocycles. The van der Waals surface area contributed by atoms with Crippen molar-refractivity contribution < 1.29 is 0 Å². The molecule has 0 rings (SSSR count). The van der Waals surface area contributed by atoms with Crippen LogP contribution >= 0.6 is 0 Å². The molecule has 0 aromatic heterocycles. The molecule has 4 radical (unpaired) electrons. The van der Waals surface area contributed by atoms with Crippen molar-refractivity contribution in [3.63, 3.8) is 0 Å². The van der Waals surface area contributed by atoms with Gasteiger partial charge in [-0.2, -0.15) is 0 Å². The summed E-state index contributed by atoms with van der Waals surface area (Å²) in [4.78, 5) is 0. The van der Waals surface area contributed by atoms with Gasteiger partial charge < -0.3 is 0 Å². The fourth-order valence-electron chi connectivity index (χ4n) is 0. The van der Waals surface area contributed by atoms with E-state index < -0.39 is 0 Å². The molecular formula is C6H16SiSn. The molecule has 2 heteroatoms. The fraction of sp³-hybridized carbons (Fsp3) is 1.00. The average Bonchev–Trinajstić information content (AvgIpc) is 1.31. The SMILES string of the molecule is C[Si](C)C(C)(C)C.[SnH]. The van der Waals surface area contributed by atoms with Crippen LogP contribution in [0.5, 0.6) is 0 Å². The Morgan fingerprint density at radius 3 is 1.12 bits per heavy atom. The number of hydrogen-bond donors (Lipinski definition) is 0. The summed E-state index contributed by atoms with van der Waals surface area (Å²) in [5.74, 6) is 0. The summed E-state index contributed by atoms with van der Waals surface area (Å²) in [5, 5.41) is 0.602. The van der Waals surface area contributed by atoms with Gasteiger partial charge in [0, 0.05) is 8.80 Å². The first-order valence-electron chi connectivity index (χ1n) is 2.75. The van der Waals surface area contributed by atoms with Crippen LogP contribution < -0.4 is 0 Å². The van der Waals surface area contributed by atoms with E-state index in [-0.39, 0.29) is 32.7 Å². The molecule has 0 aliphatic carbocycles. The molecule has 48 valence electrons. The molecule has 0 amide bonds. The van der Waals surface area contributed by atoms with Crippen molar-refractivity contribution in [2.24, 2.45) is 0 Å². The third-order valence-electron chi connectivity index (χ3n) is 1.50. The van der Waals surface area contributed by atoms with E-state index in [1.54, 1.807) is 0 Å². The van der Waals surface area contributed by atoms with Crippen molar-refractivity contribution >= 4 is 32.7 Å². The Morgan fingerprint density at radius 1 is 1.00 bits per heavy atom. The van der Waals surface area contributed by atoms with Crippen LogP contribution in [-0.2, 0) is 0 Å². The summed E-state index contributed by atoms with van der Waals surface area (Å²) in [6.07, 6.45) is 0. The molecule has 0 bridgehead atoms. The van der Waals surface area contributed by atoms with Crippen LogP contribution in [0.4, 0.5) is 0 Å². The second kappa shape index (κ2) is 3.93. The first kappa shape index (κ1) is 11.8. The van der Waals surface area contributed by atoms with E-state index in [0.29, 0.717) is 5.04 Å². The second-order valence-corrected chi connectivity index (χ2v) is 6.75. The molecule has 0 N–H and O–H groups in total. The van der Waals surface area contributed by atoms with Gasteiger partial charge in [0.1, 0.15) is 0 Å². The van der Waals surface area contributed by atoms with Gasteiger partial charge in [-0.1, -0.05) is 33.9 Å². The molecule has 0 aliphatic heterocycles. The zero-order chi connectivity index (χ0) is 6.08. The standard InChI is InChI=1S/C6H15Si.Sn.H/c1-6(2,3)7(4)5;;/h1-5H3;;. The Labute approximate surface area is 71.6 Å². The van der Waals surface area contributed by atoms with Crippen LogP contribution in [0.3, 0.4) is 0 Å². The third-order valence-corrected chi connectivity index (χ3v) is 4.50. The quantitative estimate of drug-likeness (QED) is 0.562. The molecule has 0 spiro atoms. The van der Waals surface area contributed by atoms with Crippen LogP contribution in [0.1, 0.15) is 20.8 Å². The molecule has 0 saturated heterocycles. The fourth-order valence-corrected chi connectivity index (χ4v) is 0. The summed E-state index contributed by atoms with van der Waals surface area (Å²) in [6, 6.07) is 0. The maximum atomic E-state index is 2.35. The Morgan fingerprint density at radius 2 is 1.12 bits per heavy atom. The van der Waals surface area contributed by atoms with Crippen LogP contribution in [0.15, 0.2) is 0 Å². The monoisotopic (exact) mass is 236 g/mol. The van der Waals surface area contributed by atoms with Crippen molar-refractivity contribution in [2.45, 2.75) is 38.9 Å². The van der Waals surface area contributed by atoms with E-state index >= 15 is 0 Å². The predicted molar refractivity (Wildman–Crippen MR) is 44.3 cm³/mol. The van der Waals surface area contributed by atoms with Gasteiger partial charge in [-0.3, -0.25) is 0 Å². The molecule has 0 atom stereocenters. The summed E-state index contributed by atoms with van der Waals surface area (Å²) in [7, 11) is -0.0502. The summed E-state index contributed by atoms with van der Waals surface area (Å²) in [6.45, 7) is 11.6. The van der Waals surface area contributed by atoms with E-state index in [4.69, 9.17) is 0 Å². The topological polar surface area (TPSA) is 0 Å². The number of hydrogen-bond acceptors (Lipinski definition) is 0. The van der Waals surface area contributed by atoms with E-state index in [1.807, 2.05) is 0 Å². The normalized spacial score (nSPS) is 11.2. The Hall–Kier alpha value is 1.02. The van der Waals surface area contributed by atoms with E-state index in [9.17, 15) is 0 Å². The van der Waals surface area contributed by atoms with E-state index in [2.05, 4.69) is 33.9 Å². The Kier molecular flexibility index (Phi) is 5.79. The van der Waals surface area contributed by atoms with Crippen LogP contribution in [0, 0.1) is 0 Å². The Balaban J connectivity index is 0. The van der Waals surface area contributed by atoms with E-state index in [0.717, 1.165) is 0 Å². The molecule has 0 aliphatic rings. The molecule has 0 aromatic rings. The minimum absolute atomic E-state index is 0. The summed E-state index contributed by atoms with van der Waals surface area (Å²) in [5.41, 5.74) is 0. The number of rotatable bonds is 0. The maximum absolute atomic E-state index is 2.35. The third kappa shape index (κ3) is 5.16. The van der Waals surface area contributed by atoms with Crippen molar-refractivity contribution in [1.82, 2.24) is 0 Å². The van der Waals surface area contributed by atoms with Gasteiger partial charge in [-0.15, -0.1) is 0 Å². The molecule has 8 heavy (non-hydrogen) atoms. The first-order valence-corrected chi connectivity index (χ1v) is 5.25. The molecule has 0 saturated carbocycles. The van der Waals surface area contributed by atoms with Gasteiger partial charge in [0.2, 0.25) is 0 Å². The summed E-state index contributed by atoms with van der Waals surface area (Å²) < 4.78 is 0. The van der Waals surface area contributed by atoms with Gasteiger partial charge in [0.25, 0.3) is 0 Å². The average molecular weight is 235 g/mol. The van der Waals surface area contributed by atoms with Crippen molar-refractivity contribution in [1.29, 1.82) is 0 Å². The van der Waals surface area contributed by atoms with Crippen LogP contribution in [0.25, 0.3) is 0 Å². The molecule has 0 unspecified atom stereocenters. The van der Waals surface area contributed by atoms with Crippen molar-refractivity contribution in [3.05, 3.63) is 0 Å². The van der Waals surface area contributed by atoms with Gasteiger partial charge in [0.05, 0.1) is 0 Å². The second-order valence-electron chi connectivity index (χ2n) is 3.25. The van der Waals surface area contributed by atoms with Gasteiger partial charge in [-0.05, 0) is 5.04 Å². The van der Waals surface area contributed by atoms with Crippen molar-refractivity contribution in [2.75, 3.05) is 0 Å². The van der Waals surface area contributed by atoms with Gasteiger partial charge >= 0.3 is 23.9 Å². The van der Waals surface area contributed by atoms with Gasteiger partial charge in [-0.25, -0.2) is 0 Å². The zero-order valence-electron chi connectivity index (χ0n) is 6.58. The van der Waals surface area contributed by atoms with Crippen LogP contribution in [-0.4, -0.2) is 32.7 Å². The molecule has 0 nitrogen and oxygen atoms in total. The minimum atomic E-state index is -0.0502. The van der Waals surface area contributed by atoms with Crippen LogP contribution in [0.2, 0.25) is 18.1 Å². The van der Waals surface area contributed by atoms with Gasteiger partial charge in [0.15, 0.2) is 0 Å². The summed E-state index contributed by atoms with van der Waals surface area (Å²) >= 11 is 0. The molecule has 0 fully saturated rings. The molecular weight excluding hydrogens is 219 g/mol.